The third kappa shape index (κ3) is 5.23. The highest BCUT2D eigenvalue weighted by Gasteiger charge is 2.16. The normalized spacial score (nSPS) is 11.7. The second-order valence-corrected chi connectivity index (χ2v) is 5.76. The van der Waals surface area contributed by atoms with Crippen LogP contribution in [-0.2, 0) is 22.4 Å². The van der Waals surface area contributed by atoms with Crippen LogP contribution in [-0.4, -0.2) is 17.0 Å². The molecular weight excluding hydrogens is 302 g/mol. The molecule has 0 saturated heterocycles. The van der Waals surface area contributed by atoms with E-state index in [1.807, 2.05) is 54.6 Å². The molecule has 0 radical (unpaired) electrons. The van der Waals surface area contributed by atoms with Crippen LogP contribution in [0.15, 0.2) is 54.6 Å². The van der Waals surface area contributed by atoms with Crippen LogP contribution in [0.1, 0.15) is 42.5 Å². The van der Waals surface area contributed by atoms with E-state index in [0.29, 0.717) is 12.8 Å². The Kier molecular flexibility index (Phi) is 6.55. The van der Waals surface area contributed by atoms with Crippen LogP contribution in [0.25, 0.3) is 0 Å². The molecule has 2 N–H and O–H groups in total. The van der Waals surface area contributed by atoms with Gasteiger partial charge in [0.15, 0.2) is 0 Å². The first-order valence-corrected chi connectivity index (χ1v) is 8.23. The van der Waals surface area contributed by atoms with Gasteiger partial charge < -0.3 is 10.4 Å². The number of aryl methyl sites for hydroxylation is 1. The Morgan fingerprint density at radius 2 is 1.62 bits per heavy atom. The van der Waals surface area contributed by atoms with Crippen molar-refractivity contribution in [2.45, 2.75) is 38.6 Å². The zero-order valence-electron chi connectivity index (χ0n) is 13.9. The minimum Gasteiger partial charge on any atom is -0.481 e. The summed E-state index contributed by atoms with van der Waals surface area (Å²) in [5.74, 6) is -0.948. The van der Waals surface area contributed by atoms with Gasteiger partial charge >= 0.3 is 5.97 Å². The molecule has 2 aromatic rings. The molecule has 24 heavy (non-hydrogen) atoms. The van der Waals surface area contributed by atoms with Crippen LogP contribution in [0.3, 0.4) is 0 Å². The molecule has 2 aromatic carbocycles. The lowest BCUT2D eigenvalue weighted by Crippen LogP contribution is -2.30. The Morgan fingerprint density at radius 3 is 2.25 bits per heavy atom. The van der Waals surface area contributed by atoms with Gasteiger partial charge in [0.2, 0.25) is 5.91 Å². The Balaban J connectivity index is 2.07. The maximum Gasteiger partial charge on any atom is 0.303 e. The van der Waals surface area contributed by atoms with Crippen molar-refractivity contribution in [3.05, 3.63) is 71.3 Å². The molecule has 2 rings (SSSR count). The minimum atomic E-state index is -0.860. The summed E-state index contributed by atoms with van der Waals surface area (Å²) in [5.41, 5.74) is 3.10. The predicted molar refractivity (Wildman–Crippen MR) is 93.7 cm³/mol. The van der Waals surface area contributed by atoms with E-state index in [0.717, 1.165) is 23.1 Å². The van der Waals surface area contributed by atoms with Gasteiger partial charge in [-0.15, -0.1) is 0 Å². The highest BCUT2D eigenvalue weighted by molar-refractivity contribution is 5.79. The van der Waals surface area contributed by atoms with Gasteiger partial charge in [-0.2, -0.15) is 0 Å². The van der Waals surface area contributed by atoms with Gasteiger partial charge in [-0.25, -0.2) is 0 Å². The second kappa shape index (κ2) is 8.87. The number of hydrogen-bond acceptors (Lipinski definition) is 2. The van der Waals surface area contributed by atoms with Crippen LogP contribution in [0.4, 0.5) is 0 Å². The van der Waals surface area contributed by atoms with Crippen molar-refractivity contribution in [1.82, 2.24) is 5.32 Å². The summed E-state index contributed by atoms with van der Waals surface area (Å²) in [6, 6.07) is 17.1. The molecule has 0 aliphatic carbocycles. The highest BCUT2D eigenvalue weighted by atomic mass is 16.4. The van der Waals surface area contributed by atoms with Crippen molar-refractivity contribution in [2.24, 2.45) is 0 Å². The van der Waals surface area contributed by atoms with Crippen molar-refractivity contribution >= 4 is 11.9 Å². The van der Waals surface area contributed by atoms with E-state index in [4.69, 9.17) is 5.11 Å². The summed E-state index contributed by atoms with van der Waals surface area (Å²) in [5, 5.41) is 11.9. The molecule has 0 spiro atoms. The molecule has 0 aromatic heterocycles. The average Bonchev–Trinajstić information content (AvgIpc) is 2.59. The van der Waals surface area contributed by atoms with Crippen molar-refractivity contribution in [2.75, 3.05) is 0 Å². The summed E-state index contributed by atoms with van der Waals surface area (Å²) in [7, 11) is 0. The first-order valence-electron chi connectivity index (χ1n) is 8.23. The second-order valence-electron chi connectivity index (χ2n) is 5.76. The van der Waals surface area contributed by atoms with Crippen molar-refractivity contribution in [3.63, 3.8) is 0 Å². The Labute approximate surface area is 142 Å². The lowest BCUT2D eigenvalue weighted by Gasteiger charge is -2.19. The summed E-state index contributed by atoms with van der Waals surface area (Å²) >= 11 is 0. The molecule has 0 heterocycles. The standard InChI is InChI=1S/C20H23NO3/c1-2-15-8-6-7-11-17(15)14-19(22)21-18(12-13-20(23)24)16-9-4-3-5-10-16/h3-11,18H,2,12-14H2,1H3,(H,21,22)(H,23,24). The van der Waals surface area contributed by atoms with Crippen molar-refractivity contribution in [1.29, 1.82) is 0 Å². The number of amides is 1. The molecule has 0 bridgehead atoms. The van der Waals surface area contributed by atoms with E-state index in [1.165, 1.54) is 0 Å². The highest BCUT2D eigenvalue weighted by Crippen LogP contribution is 2.19. The third-order valence-corrected chi connectivity index (χ3v) is 4.03. The molecule has 4 heteroatoms. The SMILES string of the molecule is CCc1ccccc1CC(=O)NC(CCC(=O)O)c1ccccc1. The summed E-state index contributed by atoms with van der Waals surface area (Å²) < 4.78 is 0. The molecule has 0 fully saturated rings. The van der Waals surface area contributed by atoms with E-state index in [1.54, 1.807) is 0 Å². The van der Waals surface area contributed by atoms with Gasteiger partial charge in [-0.3, -0.25) is 9.59 Å². The lowest BCUT2D eigenvalue weighted by atomic mass is 9.99. The molecule has 1 unspecified atom stereocenters. The van der Waals surface area contributed by atoms with Gasteiger partial charge in [0, 0.05) is 6.42 Å². The number of aliphatic carboxylic acids is 1. The van der Waals surface area contributed by atoms with Gasteiger partial charge in [0.05, 0.1) is 12.5 Å². The van der Waals surface area contributed by atoms with Crippen LogP contribution < -0.4 is 5.32 Å². The molecule has 0 aliphatic heterocycles. The molecule has 126 valence electrons. The van der Waals surface area contributed by atoms with Crippen molar-refractivity contribution < 1.29 is 14.7 Å². The predicted octanol–water partition coefficient (Wildman–Crippen LogP) is 3.51. The molecule has 1 atom stereocenters. The zero-order valence-corrected chi connectivity index (χ0v) is 13.9. The molecule has 0 aliphatic rings. The fraction of sp³-hybridized carbons (Fsp3) is 0.300. The van der Waals surface area contributed by atoms with Crippen LogP contribution >= 0.6 is 0 Å². The number of carboxylic acid groups (broad SMARTS) is 1. The maximum absolute atomic E-state index is 12.5. The first kappa shape index (κ1) is 17.7. The number of carboxylic acids is 1. The minimum absolute atomic E-state index is 0.0192. The van der Waals surface area contributed by atoms with E-state index < -0.39 is 5.97 Å². The van der Waals surface area contributed by atoms with Gasteiger partial charge in [-0.05, 0) is 29.5 Å². The largest absolute Gasteiger partial charge is 0.481 e. The lowest BCUT2D eigenvalue weighted by molar-refractivity contribution is -0.137. The van der Waals surface area contributed by atoms with E-state index in [-0.39, 0.29) is 18.4 Å². The maximum atomic E-state index is 12.5. The first-order chi connectivity index (χ1) is 11.6. The van der Waals surface area contributed by atoms with Gasteiger partial charge in [0.1, 0.15) is 0 Å². The number of rotatable bonds is 8. The van der Waals surface area contributed by atoms with E-state index >= 15 is 0 Å². The Bertz CT molecular complexity index is 682. The number of nitrogens with one attached hydrogen (secondary N) is 1. The van der Waals surface area contributed by atoms with Gasteiger partial charge in [0.25, 0.3) is 0 Å². The number of carbonyl (C=O) groups is 2. The number of hydrogen-bond donors (Lipinski definition) is 2. The number of benzene rings is 2. The summed E-state index contributed by atoms with van der Waals surface area (Å²) in [6.45, 7) is 2.07. The fourth-order valence-electron chi connectivity index (χ4n) is 2.77. The molecule has 1 amide bonds. The molecular formula is C20H23NO3. The zero-order chi connectivity index (χ0) is 17.4. The average molecular weight is 325 g/mol. The quantitative estimate of drug-likeness (QED) is 0.780. The van der Waals surface area contributed by atoms with E-state index in [2.05, 4.69) is 12.2 Å². The van der Waals surface area contributed by atoms with Crippen LogP contribution in [0.2, 0.25) is 0 Å². The summed E-state index contributed by atoms with van der Waals surface area (Å²) in [6.07, 6.45) is 1.58. The Morgan fingerprint density at radius 1 is 1.00 bits per heavy atom. The Hall–Kier alpha value is -2.62. The molecule has 4 nitrogen and oxygen atoms in total. The number of carbonyl (C=O) groups excluding carboxylic acids is 1. The van der Waals surface area contributed by atoms with Crippen molar-refractivity contribution in [3.8, 4) is 0 Å². The fourth-order valence-corrected chi connectivity index (χ4v) is 2.77. The van der Waals surface area contributed by atoms with Crippen LogP contribution in [0.5, 0.6) is 0 Å². The van der Waals surface area contributed by atoms with Gasteiger partial charge in [-0.1, -0.05) is 61.5 Å². The molecule has 0 saturated carbocycles. The smallest absolute Gasteiger partial charge is 0.303 e. The van der Waals surface area contributed by atoms with E-state index in [9.17, 15) is 9.59 Å². The summed E-state index contributed by atoms with van der Waals surface area (Å²) in [4.78, 5) is 23.3. The van der Waals surface area contributed by atoms with Crippen LogP contribution in [0, 0.1) is 0 Å². The monoisotopic (exact) mass is 325 g/mol. The topological polar surface area (TPSA) is 66.4 Å². The third-order valence-electron chi connectivity index (χ3n) is 4.03.